The zero-order valence-electron chi connectivity index (χ0n) is 15.2. The molecule has 0 bridgehead atoms. The van der Waals surface area contributed by atoms with E-state index in [4.69, 9.17) is 0 Å². The minimum absolute atomic E-state index is 0.131. The van der Waals surface area contributed by atoms with Crippen LogP contribution in [0.5, 0.6) is 0 Å². The summed E-state index contributed by atoms with van der Waals surface area (Å²) >= 11 is 0. The summed E-state index contributed by atoms with van der Waals surface area (Å²) in [4.78, 5) is 13.1. The van der Waals surface area contributed by atoms with Crippen molar-refractivity contribution in [3.8, 4) is 0 Å². The van der Waals surface area contributed by atoms with Crippen molar-refractivity contribution in [1.29, 1.82) is 0 Å². The van der Waals surface area contributed by atoms with E-state index in [-0.39, 0.29) is 21.9 Å². The standard InChI is InChI=1S/C20H18N4O3S/c1-2-23-11-10-16(22-23)14-24-20(25)19-9-8-18(12-15(19)13-21-24)28(26,27)17-6-4-3-5-7-17/h3-13H,2,14H2,1H3. The number of benzene rings is 2. The topological polar surface area (TPSA) is 86.9 Å². The van der Waals surface area contributed by atoms with E-state index in [1.54, 1.807) is 35.0 Å². The molecule has 4 aromatic rings. The molecule has 0 amide bonds. The molecule has 2 aromatic carbocycles. The van der Waals surface area contributed by atoms with E-state index in [0.717, 1.165) is 12.2 Å². The molecule has 0 atom stereocenters. The lowest BCUT2D eigenvalue weighted by Gasteiger charge is -2.07. The van der Waals surface area contributed by atoms with Gasteiger partial charge < -0.3 is 0 Å². The Morgan fingerprint density at radius 2 is 1.79 bits per heavy atom. The average molecular weight is 394 g/mol. The third-order valence-corrected chi connectivity index (χ3v) is 6.29. The fourth-order valence-corrected chi connectivity index (χ4v) is 4.32. The Morgan fingerprint density at radius 3 is 2.50 bits per heavy atom. The molecule has 2 aromatic heterocycles. The Hall–Kier alpha value is -3.26. The van der Waals surface area contributed by atoms with E-state index in [9.17, 15) is 13.2 Å². The van der Waals surface area contributed by atoms with Crippen LogP contribution in [0.2, 0.25) is 0 Å². The molecular weight excluding hydrogens is 376 g/mol. The third kappa shape index (κ3) is 3.22. The molecule has 0 N–H and O–H groups in total. The van der Waals surface area contributed by atoms with Gasteiger partial charge in [0.05, 0.1) is 33.6 Å². The van der Waals surface area contributed by atoms with Gasteiger partial charge in [0.25, 0.3) is 5.56 Å². The van der Waals surface area contributed by atoms with Crippen molar-refractivity contribution >= 4 is 20.6 Å². The lowest BCUT2D eigenvalue weighted by Crippen LogP contribution is -2.23. The summed E-state index contributed by atoms with van der Waals surface area (Å²) in [5.41, 5.74) is 0.450. The zero-order valence-corrected chi connectivity index (χ0v) is 16.0. The first-order valence-corrected chi connectivity index (χ1v) is 10.3. The number of nitrogens with zero attached hydrogens (tertiary/aromatic N) is 4. The second kappa shape index (κ2) is 7.05. The summed E-state index contributed by atoms with van der Waals surface area (Å²) in [5, 5.41) is 9.45. The maximum atomic E-state index is 12.8. The first kappa shape index (κ1) is 18.1. The van der Waals surface area contributed by atoms with Gasteiger partial charge in [0.2, 0.25) is 9.84 Å². The lowest BCUT2D eigenvalue weighted by molar-refractivity contribution is 0.596. The van der Waals surface area contributed by atoms with Crippen LogP contribution in [0.15, 0.2) is 81.6 Å². The summed E-state index contributed by atoms with van der Waals surface area (Å²) in [6.45, 7) is 2.99. The van der Waals surface area contributed by atoms with E-state index in [1.165, 1.54) is 29.1 Å². The molecule has 0 aliphatic carbocycles. The Labute approximate surface area is 161 Å². The van der Waals surface area contributed by atoms with E-state index < -0.39 is 9.84 Å². The molecule has 0 aliphatic rings. The van der Waals surface area contributed by atoms with Crippen molar-refractivity contribution in [2.45, 2.75) is 29.8 Å². The maximum Gasteiger partial charge on any atom is 0.274 e. The van der Waals surface area contributed by atoms with Crippen LogP contribution in [0.3, 0.4) is 0 Å². The highest BCUT2D eigenvalue weighted by Crippen LogP contribution is 2.23. The first-order valence-electron chi connectivity index (χ1n) is 8.81. The van der Waals surface area contributed by atoms with Crippen LogP contribution in [0.4, 0.5) is 0 Å². The summed E-state index contributed by atoms with van der Waals surface area (Å²) in [6, 6.07) is 14.5. The third-order valence-electron chi connectivity index (χ3n) is 4.52. The summed E-state index contributed by atoms with van der Waals surface area (Å²) < 4.78 is 28.7. The van der Waals surface area contributed by atoms with Gasteiger partial charge in [-0.15, -0.1) is 0 Å². The fraction of sp³-hybridized carbons (Fsp3) is 0.150. The Balaban J connectivity index is 1.73. The number of hydrogen-bond acceptors (Lipinski definition) is 5. The molecule has 0 fully saturated rings. The van der Waals surface area contributed by atoms with Gasteiger partial charge in [-0.3, -0.25) is 9.48 Å². The van der Waals surface area contributed by atoms with E-state index in [2.05, 4.69) is 10.2 Å². The number of hydrogen-bond donors (Lipinski definition) is 0. The van der Waals surface area contributed by atoms with Crippen LogP contribution in [0, 0.1) is 0 Å². The van der Waals surface area contributed by atoms with Gasteiger partial charge >= 0.3 is 0 Å². The van der Waals surface area contributed by atoms with Gasteiger partial charge in [-0.2, -0.15) is 10.2 Å². The Kier molecular flexibility index (Phi) is 4.56. The summed E-state index contributed by atoms with van der Waals surface area (Å²) in [5.74, 6) is 0. The Bertz CT molecular complexity index is 1310. The molecule has 2 heterocycles. The molecule has 0 spiro atoms. The highest BCUT2D eigenvalue weighted by Gasteiger charge is 2.18. The van der Waals surface area contributed by atoms with Crippen LogP contribution in [0.1, 0.15) is 12.6 Å². The van der Waals surface area contributed by atoms with Crippen molar-refractivity contribution in [1.82, 2.24) is 19.6 Å². The minimum atomic E-state index is -3.65. The van der Waals surface area contributed by atoms with Gasteiger partial charge in [-0.25, -0.2) is 13.1 Å². The smallest absolute Gasteiger partial charge is 0.273 e. The predicted octanol–water partition coefficient (Wildman–Crippen LogP) is 2.49. The number of aryl methyl sites for hydroxylation is 1. The van der Waals surface area contributed by atoms with Gasteiger partial charge in [-0.05, 0) is 43.3 Å². The van der Waals surface area contributed by atoms with Crippen LogP contribution in [-0.4, -0.2) is 28.0 Å². The van der Waals surface area contributed by atoms with Crippen LogP contribution < -0.4 is 5.56 Å². The van der Waals surface area contributed by atoms with Gasteiger partial charge in [0.1, 0.15) is 0 Å². The molecular formula is C20H18N4O3S. The second-order valence-corrected chi connectivity index (χ2v) is 8.29. The lowest BCUT2D eigenvalue weighted by atomic mass is 10.2. The van der Waals surface area contributed by atoms with Crippen molar-refractivity contribution < 1.29 is 8.42 Å². The van der Waals surface area contributed by atoms with Crippen LogP contribution >= 0.6 is 0 Å². The van der Waals surface area contributed by atoms with Crippen molar-refractivity contribution in [3.63, 3.8) is 0 Å². The summed E-state index contributed by atoms with van der Waals surface area (Å²) in [6.07, 6.45) is 3.36. The normalized spacial score (nSPS) is 11.8. The summed E-state index contributed by atoms with van der Waals surface area (Å²) in [7, 11) is -3.65. The van der Waals surface area contributed by atoms with Crippen molar-refractivity contribution in [3.05, 3.63) is 83.0 Å². The monoisotopic (exact) mass is 394 g/mol. The molecule has 142 valence electrons. The molecule has 0 saturated heterocycles. The maximum absolute atomic E-state index is 12.8. The van der Waals surface area contributed by atoms with E-state index in [0.29, 0.717) is 10.8 Å². The van der Waals surface area contributed by atoms with Gasteiger partial charge in [-0.1, -0.05) is 18.2 Å². The molecule has 28 heavy (non-hydrogen) atoms. The Morgan fingerprint density at radius 1 is 1.00 bits per heavy atom. The highest BCUT2D eigenvalue weighted by atomic mass is 32.2. The molecule has 4 rings (SSSR count). The quantitative estimate of drug-likeness (QED) is 0.519. The number of aromatic nitrogens is 4. The predicted molar refractivity (Wildman–Crippen MR) is 105 cm³/mol. The minimum Gasteiger partial charge on any atom is -0.273 e. The fourth-order valence-electron chi connectivity index (χ4n) is 3.00. The largest absolute Gasteiger partial charge is 0.274 e. The van der Waals surface area contributed by atoms with E-state index >= 15 is 0 Å². The first-order chi connectivity index (χ1) is 13.5. The SMILES string of the molecule is CCn1ccc(Cn2ncc3cc(S(=O)(=O)c4ccccc4)ccc3c2=O)n1. The second-order valence-electron chi connectivity index (χ2n) is 6.34. The van der Waals surface area contributed by atoms with Crippen molar-refractivity contribution in [2.24, 2.45) is 0 Å². The molecule has 0 unspecified atom stereocenters. The van der Waals surface area contributed by atoms with Gasteiger partial charge in [0, 0.05) is 18.1 Å². The number of fused-ring (bicyclic) bond motifs is 1. The van der Waals surface area contributed by atoms with Crippen molar-refractivity contribution in [2.75, 3.05) is 0 Å². The molecule has 8 heteroatoms. The zero-order chi connectivity index (χ0) is 19.7. The average Bonchev–Trinajstić information content (AvgIpc) is 3.18. The highest BCUT2D eigenvalue weighted by molar-refractivity contribution is 7.91. The van der Waals surface area contributed by atoms with E-state index in [1.807, 2.05) is 19.2 Å². The van der Waals surface area contributed by atoms with Crippen LogP contribution in [-0.2, 0) is 22.9 Å². The van der Waals surface area contributed by atoms with Gasteiger partial charge in [0.15, 0.2) is 0 Å². The molecule has 0 saturated carbocycles. The molecule has 0 aliphatic heterocycles. The number of sulfone groups is 1. The van der Waals surface area contributed by atoms with Crippen LogP contribution in [0.25, 0.3) is 10.8 Å². The number of rotatable bonds is 5. The molecule has 0 radical (unpaired) electrons. The molecule has 7 nitrogen and oxygen atoms in total.